The predicted octanol–water partition coefficient (Wildman–Crippen LogP) is 1.36. The Bertz CT molecular complexity index is 625. The molecule has 3 N–H and O–H groups in total. The topological polar surface area (TPSA) is 88.7 Å². The number of nitro groups is 1. The number of nitrogens with zero attached hydrogens (tertiary/aromatic N) is 1. The fourth-order valence-corrected chi connectivity index (χ4v) is 3.34. The lowest BCUT2D eigenvalue weighted by molar-refractivity contribution is -0.904. The van der Waals surface area contributed by atoms with Crippen LogP contribution in [0.25, 0.3) is 0 Å². The van der Waals surface area contributed by atoms with Gasteiger partial charge in [-0.3, -0.25) is 14.9 Å². The average Bonchev–Trinajstić information content (AvgIpc) is 3.43. The maximum absolute atomic E-state index is 12.3. The second-order valence-corrected chi connectivity index (χ2v) is 7.08. The highest BCUT2D eigenvalue weighted by molar-refractivity contribution is 5.95. The molecule has 1 aliphatic carbocycles. The maximum atomic E-state index is 12.3. The number of anilines is 1. The first-order chi connectivity index (χ1) is 12.1. The molecule has 1 amide bonds. The molecular weight excluding hydrogens is 320 g/mol. The van der Waals surface area contributed by atoms with Crippen molar-refractivity contribution in [1.29, 1.82) is 0 Å². The van der Waals surface area contributed by atoms with Crippen LogP contribution in [0.4, 0.5) is 11.4 Å². The molecule has 0 atom stereocenters. The third-order valence-corrected chi connectivity index (χ3v) is 4.95. The van der Waals surface area contributed by atoms with E-state index in [0.29, 0.717) is 23.8 Å². The molecule has 0 radical (unpaired) electrons. The number of nitro benzene ring substituents is 1. The number of carbonyl (C=O) groups excluding carboxylic acids is 1. The summed E-state index contributed by atoms with van der Waals surface area (Å²) in [7, 11) is 0. The molecule has 7 nitrogen and oxygen atoms in total. The third kappa shape index (κ3) is 5.16. The molecule has 0 unspecified atom stereocenters. The van der Waals surface area contributed by atoms with Gasteiger partial charge in [0.15, 0.2) is 0 Å². The van der Waals surface area contributed by atoms with E-state index in [2.05, 4.69) is 10.6 Å². The van der Waals surface area contributed by atoms with E-state index in [1.807, 2.05) is 0 Å². The summed E-state index contributed by atoms with van der Waals surface area (Å²) >= 11 is 0. The van der Waals surface area contributed by atoms with Crippen molar-refractivity contribution >= 4 is 17.3 Å². The lowest BCUT2D eigenvalue weighted by atomic mass is 10.1. The Balaban J connectivity index is 1.50. The minimum atomic E-state index is -0.429. The van der Waals surface area contributed by atoms with Gasteiger partial charge >= 0.3 is 0 Å². The van der Waals surface area contributed by atoms with Gasteiger partial charge in [0.1, 0.15) is 5.69 Å². The minimum Gasteiger partial charge on any atom is -0.377 e. The van der Waals surface area contributed by atoms with E-state index < -0.39 is 4.92 Å². The van der Waals surface area contributed by atoms with Crippen LogP contribution in [0.1, 0.15) is 48.9 Å². The van der Waals surface area contributed by atoms with Gasteiger partial charge in [-0.05, 0) is 44.2 Å². The molecule has 1 aromatic rings. The molecule has 1 saturated heterocycles. The van der Waals surface area contributed by atoms with Gasteiger partial charge in [0, 0.05) is 30.6 Å². The van der Waals surface area contributed by atoms with Crippen LogP contribution in [-0.2, 0) is 0 Å². The number of hydrogen-bond donors (Lipinski definition) is 3. The van der Waals surface area contributed by atoms with Crippen molar-refractivity contribution in [2.75, 3.05) is 31.5 Å². The van der Waals surface area contributed by atoms with Crippen LogP contribution in [0.3, 0.4) is 0 Å². The Hall–Kier alpha value is -2.15. The van der Waals surface area contributed by atoms with E-state index in [0.717, 1.165) is 25.8 Å². The number of amides is 1. The molecule has 2 aliphatic rings. The van der Waals surface area contributed by atoms with Crippen LogP contribution in [0.2, 0.25) is 0 Å². The maximum Gasteiger partial charge on any atom is 0.293 e. The Morgan fingerprint density at radius 2 is 2.00 bits per heavy atom. The van der Waals surface area contributed by atoms with Crippen molar-refractivity contribution in [3.63, 3.8) is 0 Å². The second kappa shape index (κ2) is 8.29. The number of rotatable bonds is 8. The van der Waals surface area contributed by atoms with E-state index in [4.69, 9.17) is 0 Å². The standard InChI is InChI=1S/C18H26N4O3/c23-18(19-9-4-12-21-10-2-1-3-11-21)14-5-8-16(20-15-6-7-15)17(13-14)22(24)25/h5,8,13,15,20H,1-4,6-7,9-12H2,(H,19,23)/p+1. The number of likely N-dealkylation sites (tertiary alicyclic amines) is 1. The zero-order chi connectivity index (χ0) is 17.6. The largest absolute Gasteiger partial charge is 0.377 e. The van der Waals surface area contributed by atoms with E-state index in [1.165, 1.54) is 38.4 Å². The Morgan fingerprint density at radius 3 is 2.68 bits per heavy atom. The summed E-state index contributed by atoms with van der Waals surface area (Å²) < 4.78 is 0. The van der Waals surface area contributed by atoms with Gasteiger partial charge < -0.3 is 15.5 Å². The summed E-state index contributed by atoms with van der Waals surface area (Å²) in [5.41, 5.74) is 0.813. The lowest BCUT2D eigenvalue weighted by Gasteiger charge is -2.23. The fourth-order valence-electron chi connectivity index (χ4n) is 3.34. The quantitative estimate of drug-likeness (QED) is 0.376. The van der Waals surface area contributed by atoms with Crippen molar-refractivity contribution in [2.24, 2.45) is 0 Å². The molecule has 1 aliphatic heterocycles. The molecule has 0 spiro atoms. The molecular formula is C18H27N4O3+. The molecule has 0 aromatic heterocycles. The number of nitrogens with one attached hydrogen (secondary N) is 3. The summed E-state index contributed by atoms with van der Waals surface area (Å²) in [5.74, 6) is -0.241. The fraction of sp³-hybridized carbons (Fsp3) is 0.611. The van der Waals surface area contributed by atoms with E-state index in [9.17, 15) is 14.9 Å². The Labute approximate surface area is 147 Å². The summed E-state index contributed by atoms with van der Waals surface area (Å²) in [6.07, 6.45) is 6.95. The SMILES string of the molecule is O=C(NCCC[NH+]1CCCCC1)c1ccc(NC2CC2)c([N+](=O)[O-])c1. The smallest absolute Gasteiger partial charge is 0.293 e. The number of benzene rings is 1. The minimum absolute atomic E-state index is 0.0303. The first-order valence-corrected chi connectivity index (χ1v) is 9.30. The second-order valence-electron chi connectivity index (χ2n) is 7.08. The highest BCUT2D eigenvalue weighted by Crippen LogP contribution is 2.31. The Morgan fingerprint density at radius 1 is 1.24 bits per heavy atom. The van der Waals surface area contributed by atoms with Crippen LogP contribution < -0.4 is 15.5 Å². The highest BCUT2D eigenvalue weighted by atomic mass is 16.6. The van der Waals surface area contributed by atoms with Crippen molar-refractivity contribution in [3.8, 4) is 0 Å². The molecule has 1 saturated carbocycles. The van der Waals surface area contributed by atoms with Crippen molar-refractivity contribution in [3.05, 3.63) is 33.9 Å². The molecule has 0 bridgehead atoms. The van der Waals surface area contributed by atoms with Gasteiger partial charge in [-0.25, -0.2) is 0 Å². The van der Waals surface area contributed by atoms with Gasteiger partial charge in [-0.15, -0.1) is 0 Å². The van der Waals surface area contributed by atoms with Gasteiger partial charge in [-0.1, -0.05) is 0 Å². The van der Waals surface area contributed by atoms with Gasteiger partial charge in [-0.2, -0.15) is 0 Å². The molecule has 7 heteroatoms. The molecule has 136 valence electrons. The third-order valence-electron chi connectivity index (χ3n) is 4.95. The number of hydrogen-bond acceptors (Lipinski definition) is 4. The molecule has 3 rings (SSSR count). The van der Waals surface area contributed by atoms with E-state index in [1.54, 1.807) is 17.0 Å². The van der Waals surface area contributed by atoms with Crippen molar-refractivity contribution in [2.45, 2.75) is 44.6 Å². The number of carbonyl (C=O) groups is 1. The number of piperidine rings is 1. The van der Waals surface area contributed by atoms with Crippen molar-refractivity contribution in [1.82, 2.24) is 5.32 Å². The molecule has 1 heterocycles. The van der Waals surface area contributed by atoms with Gasteiger partial charge in [0.2, 0.25) is 0 Å². The highest BCUT2D eigenvalue weighted by Gasteiger charge is 2.25. The van der Waals surface area contributed by atoms with Crippen LogP contribution in [0, 0.1) is 10.1 Å². The van der Waals surface area contributed by atoms with Crippen LogP contribution in [0.5, 0.6) is 0 Å². The monoisotopic (exact) mass is 347 g/mol. The van der Waals surface area contributed by atoms with Crippen LogP contribution >= 0.6 is 0 Å². The first-order valence-electron chi connectivity index (χ1n) is 9.30. The van der Waals surface area contributed by atoms with Gasteiger partial charge in [0.25, 0.3) is 11.6 Å². The normalized spacial score (nSPS) is 17.9. The molecule has 25 heavy (non-hydrogen) atoms. The van der Waals surface area contributed by atoms with Gasteiger partial charge in [0.05, 0.1) is 24.6 Å². The molecule has 1 aromatic carbocycles. The Kier molecular flexibility index (Phi) is 5.86. The summed E-state index contributed by atoms with van der Waals surface area (Å²) in [5, 5.41) is 17.3. The van der Waals surface area contributed by atoms with E-state index >= 15 is 0 Å². The molecule has 2 fully saturated rings. The first kappa shape index (κ1) is 17.7. The summed E-state index contributed by atoms with van der Waals surface area (Å²) in [6.45, 7) is 4.15. The predicted molar refractivity (Wildman–Crippen MR) is 96.1 cm³/mol. The van der Waals surface area contributed by atoms with E-state index in [-0.39, 0.29) is 11.6 Å². The number of quaternary nitrogens is 1. The summed E-state index contributed by atoms with van der Waals surface area (Å²) in [6, 6.07) is 5.00. The summed E-state index contributed by atoms with van der Waals surface area (Å²) in [4.78, 5) is 24.7. The lowest BCUT2D eigenvalue weighted by Crippen LogP contribution is -3.12. The zero-order valence-electron chi connectivity index (χ0n) is 14.6. The average molecular weight is 347 g/mol. The zero-order valence-corrected chi connectivity index (χ0v) is 14.6. The van der Waals surface area contributed by atoms with Crippen LogP contribution in [0.15, 0.2) is 18.2 Å². The van der Waals surface area contributed by atoms with Crippen LogP contribution in [-0.4, -0.2) is 43.1 Å². The van der Waals surface area contributed by atoms with Crippen molar-refractivity contribution < 1.29 is 14.6 Å².